The molecule has 1 heterocycles. The van der Waals surface area contributed by atoms with E-state index in [2.05, 4.69) is 10.2 Å². The summed E-state index contributed by atoms with van der Waals surface area (Å²) in [6.07, 6.45) is 0.120. The second kappa shape index (κ2) is 9.05. The fourth-order valence-electron chi connectivity index (χ4n) is 2.92. The molecule has 7 heteroatoms. The van der Waals surface area contributed by atoms with E-state index < -0.39 is 11.6 Å². The molecule has 134 valence electrons. The minimum atomic E-state index is -0.587. The van der Waals surface area contributed by atoms with Crippen LogP contribution in [-0.2, 0) is 11.2 Å². The van der Waals surface area contributed by atoms with Gasteiger partial charge >= 0.3 is 0 Å². The number of aliphatic hydroxyl groups excluding tert-OH is 1. The molecule has 1 atom stereocenters. The lowest BCUT2D eigenvalue weighted by Crippen LogP contribution is -2.50. The number of carbonyl (C=O) groups excluding carboxylic acids is 1. The van der Waals surface area contributed by atoms with Gasteiger partial charge in [-0.1, -0.05) is 6.07 Å². The predicted octanol–water partition coefficient (Wildman–Crippen LogP) is 0.622. The van der Waals surface area contributed by atoms with E-state index in [1.54, 1.807) is 6.92 Å². The third kappa shape index (κ3) is 5.51. The van der Waals surface area contributed by atoms with E-state index in [1.807, 2.05) is 4.90 Å². The molecule has 0 bridgehead atoms. The number of nitrogens with zero attached hydrogens (tertiary/aromatic N) is 2. The zero-order valence-electron chi connectivity index (χ0n) is 14.0. The van der Waals surface area contributed by atoms with Gasteiger partial charge in [0.15, 0.2) is 0 Å². The van der Waals surface area contributed by atoms with Crippen molar-refractivity contribution in [2.75, 3.05) is 45.9 Å². The first-order chi connectivity index (χ1) is 11.5. The molecule has 0 unspecified atom stereocenters. The van der Waals surface area contributed by atoms with Gasteiger partial charge in [0.1, 0.15) is 11.6 Å². The van der Waals surface area contributed by atoms with Crippen LogP contribution in [0.25, 0.3) is 0 Å². The molecule has 2 N–H and O–H groups in total. The first-order valence-corrected chi connectivity index (χ1v) is 8.27. The summed E-state index contributed by atoms with van der Waals surface area (Å²) in [5, 5.41) is 11.7. The Morgan fingerprint density at radius 1 is 1.21 bits per heavy atom. The molecule has 0 saturated carbocycles. The Hall–Kier alpha value is -1.57. The van der Waals surface area contributed by atoms with Gasteiger partial charge in [0.25, 0.3) is 0 Å². The van der Waals surface area contributed by atoms with Crippen LogP contribution in [0.3, 0.4) is 0 Å². The Balaban J connectivity index is 1.76. The molecule has 1 aromatic rings. The second-order valence-electron chi connectivity index (χ2n) is 6.21. The lowest BCUT2D eigenvalue weighted by molar-refractivity contribution is -0.123. The third-order valence-electron chi connectivity index (χ3n) is 4.23. The van der Waals surface area contributed by atoms with E-state index in [4.69, 9.17) is 5.11 Å². The first-order valence-electron chi connectivity index (χ1n) is 8.27. The number of halogens is 2. The normalized spacial score (nSPS) is 17.7. The summed E-state index contributed by atoms with van der Waals surface area (Å²) in [6, 6.07) is 3.42. The average Bonchev–Trinajstić information content (AvgIpc) is 2.53. The Labute approximate surface area is 141 Å². The average molecular weight is 341 g/mol. The number of hydrogen-bond donors (Lipinski definition) is 2. The minimum Gasteiger partial charge on any atom is -0.395 e. The van der Waals surface area contributed by atoms with Crippen LogP contribution in [0, 0.1) is 11.6 Å². The molecule has 1 aliphatic rings. The summed E-state index contributed by atoms with van der Waals surface area (Å²) in [7, 11) is 0. The summed E-state index contributed by atoms with van der Waals surface area (Å²) >= 11 is 0. The largest absolute Gasteiger partial charge is 0.395 e. The van der Waals surface area contributed by atoms with E-state index in [0.717, 1.165) is 26.2 Å². The number of benzene rings is 1. The maximum absolute atomic E-state index is 13.6. The van der Waals surface area contributed by atoms with E-state index >= 15 is 0 Å². The highest BCUT2D eigenvalue weighted by molar-refractivity contribution is 5.78. The van der Waals surface area contributed by atoms with Gasteiger partial charge in [0.05, 0.1) is 13.2 Å². The molecule has 2 rings (SSSR count). The highest BCUT2D eigenvalue weighted by Crippen LogP contribution is 2.14. The molecule has 0 spiro atoms. The molecule has 1 fully saturated rings. The zero-order valence-corrected chi connectivity index (χ0v) is 14.0. The molecular formula is C17H25F2N3O2. The molecule has 5 nitrogen and oxygen atoms in total. The number of β-amino-alcohol motifs (C(OH)–C–C–N with tert-alkyl or cyclic N) is 1. The van der Waals surface area contributed by atoms with Crippen molar-refractivity contribution in [1.29, 1.82) is 0 Å². The first kappa shape index (κ1) is 18.8. The van der Waals surface area contributed by atoms with Crippen LogP contribution in [0.5, 0.6) is 0 Å². The number of nitrogens with one attached hydrogen (secondary N) is 1. The summed E-state index contributed by atoms with van der Waals surface area (Å²) in [5.74, 6) is -1.32. The number of piperazine rings is 1. The summed E-state index contributed by atoms with van der Waals surface area (Å²) in [6.45, 7) is 6.00. The molecule has 0 aromatic heterocycles. The zero-order chi connectivity index (χ0) is 17.5. The summed E-state index contributed by atoms with van der Waals surface area (Å²) < 4.78 is 27.3. The van der Waals surface area contributed by atoms with Crippen molar-refractivity contribution in [3.63, 3.8) is 0 Å². The molecule has 1 saturated heterocycles. The van der Waals surface area contributed by atoms with Crippen LogP contribution >= 0.6 is 0 Å². The Kier molecular flexibility index (Phi) is 7.08. The van der Waals surface area contributed by atoms with Crippen LogP contribution in [0.15, 0.2) is 18.2 Å². The van der Waals surface area contributed by atoms with Gasteiger partial charge in [0, 0.05) is 44.3 Å². The number of amides is 1. The number of carbonyl (C=O) groups is 1. The number of aliphatic hydroxyl groups is 1. The lowest BCUT2D eigenvalue weighted by Gasteiger charge is -2.34. The topological polar surface area (TPSA) is 55.8 Å². The molecule has 1 aliphatic heterocycles. The standard InChI is InChI=1S/C17H25F2N3O2/c1-13(11-14-15(18)3-2-4-16(14)19)20-17(24)12-22-7-5-21(6-8-22)9-10-23/h2-4,13,23H,5-12H2,1H3,(H,20,24)/t13-/m0/s1. The number of rotatable bonds is 7. The maximum Gasteiger partial charge on any atom is 0.234 e. The van der Waals surface area contributed by atoms with Crippen molar-refractivity contribution in [3.8, 4) is 0 Å². The smallest absolute Gasteiger partial charge is 0.234 e. The molecule has 1 aromatic carbocycles. The number of hydrogen-bond acceptors (Lipinski definition) is 4. The minimum absolute atomic E-state index is 0.00270. The molecular weight excluding hydrogens is 316 g/mol. The van der Waals surface area contributed by atoms with Crippen molar-refractivity contribution in [2.24, 2.45) is 0 Å². The third-order valence-corrected chi connectivity index (χ3v) is 4.23. The lowest BCUT2D eigenvalue weighted by atomic mass is 10.1. The van der Waals surface area contributed by atoms with E-state index in [-0.39, 0.29) is 37.1 Å². The molecule has 0 aliphatic carbocycles. The van der Waals surface area contributed by atoms with Gasteiger partial charge in [-0.05, 0) is 25.5 Å². The van der Waals surface area contributed by atoms with E-state index in [9.17, 15) is 13.6 Å². The quantitative estimate of drug-likeness (QED) is 0.764. The van der Waals surface area contributed by atoms with Crippen molar-refractivity contribution >= 4 is 5.91 Å². The van der Waals surface area contributed by atoms with Crippen molar-refractivity contribution in [2.45, 2.75) is 19.4 Å². The van der Waals surface area contributed by atoms with Crippen molar-refractivity contribution < 1.29 is 18.7 Å². The SMILES string of the molecule is C[C@@H](Cc1c(F)cccc1F)NC(=O)CN1CCN(CCO)CC1. The predicted molar refractivity (Wildman–Crippen MR) is 87.6 cm³/mol. The van der Waals surface area contributed by atoms with Gasteiger partial charge in [0.2, 0.25) is 5.91 Å². The van der Waals surface area contributed by atoms with Gasteiger partial charge in [-0.2, -0.15) is 0 Å². The highest BCUT2D eigenvalue weighted by atomic mass is 19.1. The fraction of sp³-hybridized carbons (Fsp3) is 0.588. The van der Waals surface area contributed by atoms with Gasteiger partial charge in [-0.15, -0.1) is 0 Å². The molecule has 1 amide bonds. The Morgan fingerprint density at radius 2 is 1.79 bits per heavy atom. The van der Waals surface area contributed by atoms with Crippen LogP contribution in [0.1, 0.15) is 12.5 Å². The molecule has 0 radical (unpaired) electrons. The molecule has 24 heavy (non-hydrogen) atoms. The van der Waals surface area contributed by atoms with Crippen molar-refractivity contribution in [3.05, 3.63) is 35.4 Å². The van der Waals surface area contributed by atoms with Gasteiger partial charge in [-0.3, -0.25) is 14.6 Å². The second-order valence-corrected chi connectivity index (χ2v) is 6.21. The van der Waals surface area contributed by atoms with Crippen LogP contribution in [0.2, 0.25) is 0 Å². The highest BCUT2D eigenvalue weighted by Gasteiger charge is 2.20. The van der Waals surface area contributed by atoms with E-state index in [0.29, 0.717) is 6.54 Å². The van der Waals surface area contributed by atoms with Gasteiger partial charge in [-0.25, -0.2) is 8.78 Å². The maximum atomic E-state index is 13.6. The summed E-state index contributed by atoms with van der Waals surface area (Å²) in [5.41, 5.74) is 0.00270. The van der Waals surface area contributed by atoms with Gasteiger partial charge < -0.3 is 10.4 Å². The van der Waals surface area contributed by atoms with Crippen LogP contribution in [-0.4, -0.2) is 72.7 Å². The Morgan fingerprint density at radius 3 is 2.38 bits per heavy atom. The fourth-order valence-corrected chi connectivity index (χ4v) is 2.92. The van der Waals surface area contributed by atoms with Crippen LogP contribution in [0.4, 0.5) is 8.78 Å². The van der Waals surface area contributed by atoms with E-state index in [1.165, 1.54) is 18.2 Å². The summed E-state index contributed by atoms with van der Waals surface area (Å²) in [4.78, 5) is 16.3. The monoisotopic (exact) mass is 341 g/mol. The van der Waals surface area contributed by atoms with Crippen LogP contribution < -0.4 is 5.32 Å². The van der Waals surface area contributed by atoms with Crippen molar-refractivity contribution in [1.82, 2.24) is 15.1 Å². The Bertz CT molecular complexity index is 528.